The molecule has 2 rings (SSSR count). The molecule has 0 aliphatic heterocycles. The molecule has 1 nitrogen and oxygen atoms in total. The highest BCUT2D eigenvalue weighted by Gasteiger charge is 2.19. The Kier molecular flexibility index (Phi) is 2.44. The number of fused-ring (bicyclic) bond motifs is 1. The van der Waals surface area contributed by atoms with Crippen LogP contribution in [-0.4, -0.2) is 0 Å². The number of halogens is 2. The van der Waals surface area contributed by atoms with E-state index in [0.29, 0.717) is 0 Å². The van der Waals surface area contributed by atoms with Crippen molar-refractivity contribution in [2.45, 2.75) is 18.9 Å². The normalized spacial score (nSPS) is 21.1. The summed E-state index contributed by atoms with van der Waals surface area (Å²) in [6, 6.07) is 4.66. The number of hydrogen-bond donors (Lipinski definition) is 1. The molecule has 1 aromatic rings. The van der Waals surface area contributed by atoms with Gasteiger partial charge in [0.05, 0.1) is 0 Å². The molecular formula is C9H9BrIN. The van der Waals surface area contributed by atoms with Crippen LogP contribution in [0.3, 0.4) is 0 Å². The van der Waals surface area contributed by atoms with Crippen LogP contribution >= 0.6 is 38.5 Å². The van der Waals surface area contributed by atoms with Crippen LogP contribution in [0.4, 0.5) is 0 Å². The monoisotopic (exact) mass is 337 g/mol. The second kappa shape index (κ2) is 3.27. The first-order valence-corrected chi connectivity index (χ1v) is 5.79. The summed E-state index contributed by atoms with van der Waals surface area (Å²) in [4.78, 5) is 0. The van der Waals surface area contributed by atoms with Crippen molar-refractivity contribution in [1.82, 2.24) is 0 Å². The van der Waals surface area contributed by atoms with Crippen LogP contribution < -0.4 is 5.73 Å². The highest BCUT2D eigenvalue weighted by atomic mass is 127. The number of benzene rings is 1. The van der Waals surface area contributed by atoms with E-state index in [1.807, 2.05) is 0 Å². The lowest BCUT2D eigenvalue weighted by atomic mass is 10.1. The molecule has 0 radical (unpaired) electrons. The molecule has 12 heavy (non-hydrogen) atoms. The molecule has 3 heteroatoms. The fourth-order valence-corrected chi connectivity index (χ4v) is 2.51. The summed E-state index contributed by atoms with van der Waals surface area (Å²) in [5, 5.41) is 0. The van der Waals surface area contributed by atoms with E-state index in [2.05, 4.69) is 50.7 Å². The van der Waals surface area contributed by atoms with E-state index in [0.717, 1.165) is 12.8 Å². The lowest BCUT2D eigenvalue weighted by molar-refractivity contribution is 0.713. The maximum absolute atomic E-state index is 5.95. The molecule has 0 heterocycles. The highest BCUT2D eigenvalue weighted by molar-refractivity contribution is 14.1. The Balaban J connectivity index is 2.56. The van der Waals surface area contributed by atoms with Gasteiger partial charge in [0, 0.05) is 14.1 Å². The molecule has 0 unspecified atom stereocenters. The number of hydrogen-bond acceptors (Lipinski definition) is 1. The van der Waals surface area contributed by atoms with Crippen LogP contribution in [0, 0.1) is 3.57 Å². The van der Waals surface area contributed by atoms with Gasteiger partial charge in [0.25, 0.3) is 0 Å². The largest absolute Gasteiger partial charge is 0.324 e. The second-order valence-corrected chi connectivity index (χ2v) is 5.13. The quantitative estimate of drug-likeness (QED) is 0.724. The zero-order valence-electron chi connectivity index (χ0n) is 6.48. The Morgan fingerprint density at radius 1 is 1.50 bits per heavy atom. The first kappa shape index (κ1) is 8.97. The van der Waals surface area contributed by atoms with E-state index < -0.39 is 0 Å². The van der Waals surface area contributed by atoms with E-state index in [9.17, 15) is 0 Å². The van der Waals surface area contributed by atoms with Crippen LogP contribution in [-0.2, 0) is 6.42 Å². The summed E-state index contributed by atoms with van der Waals surface area (Å²) >= 11 is 5.85. The summed E-state index contributed by atoms with van der Waals surface area (Å²) in [7, 11) is 0. The van der Waals surface area contributed by atoms with Crippen molar-refractivity contribution in [3.05, 3.63) is 31.3 Å². The van der Waals surface area contributed by atoms with Gasteiger partial charge < -0.3 is 5.73 Å². The molecule has 1 aromatic carbocycles. The average molecular weight is 338 g/mol. The first-order valence-electron chi connectivity index (χ1n) is 3.92. The summed E-state index contributed by atoms with van der Waals surface area (Å²) < 4.78 is 2.44. The van der Waals surface area contributed by atoms with Crippen LogP contribution in [0.25, 0.3) is 0 Å². The Morgan fingerprint density at radius 3 is 3.00 bits per heavy atom. The Hall–Kier alpha value is 0.390. The van der Waals surface area contributed by atoms with E-state index in [4.69, 9.17) is 5.73 Å². The minimum Gasteiger partial charge on any atom is -0.324 e. The summed E-state index contributed by atoms with van der Waals surface area (Å²) in [6.07, 6.45) is 2.23. The molecule has 0 aromatic heterocycles. The standard InChI is InChI=1S/C9H9BrIN/c10-7-3-5-1-2-9(12)6(5)4-8(7)11/h3-4,9H,1-2,12H2/t9-/m0/s1. The summed E-state index contributed by atoms with van der Waals surface area (Å²) in [5.74, 6) is 0. The van der Waals surface area contributed by atoms with Crippen LogP contribution in [0.2, 0.25) is 0 Å². The van der Waals surface area contributed by atoms with Crippen molar-refractivity contribution in [3.8, 4) is 0 Å². The molecule has 0 saturated heterocycles. The van der Waals surface area contributed by atoms with Gasteiger partial charge in [-0.3, -0.25) is 0 Å². The van der Waals surface area contributed by atoms with E-state index >= 15 is 0 Å². The Bertz CT molecular complexity index is 325. The first-order chi connectivity index (χ1) is 5.68. The summed E-state index contributed by atoms with van der Waals surface area (Å²) in [6.45, 7) is 0. The van der Waals surface area contributed by atoms with Crippen LogP contribution in [0.1, 0.15) is 23.6 Å². The zero-order valence-corrected chi connectivity index (χ0v) is 10.2. The molecule has 0 amide bonds. The SMILES string of the molecule is N[C@H]1CCc2cc(Br)c(I)cc21. The number of rotatable bonds is 0. The summed E-state index contributed by atoms with van der Waals surface area (Å²) in [5.41, 5.74) is 8.69. The Morgan fingerprint density at radius 2 is 2.25 bits per heavy atom. The third-order valence-corrected chi connectivity index (χ3v) is 4.60. The molecular weight excluding hydrogens is 329 g/mol. The predicted octanol–water partition coefficient (Wildman–Crippen LogP) is 3.00. The lowest BCUT2D eigenvalue weighted by Crippen LogP contribution is -2.05. The molecule has 1 atom stereocenters. The fraction of sp³-hybridized carbons (Fsp3) is 0.333. The van der Waals surface area contributed by atoms with Crippen molar-refractivity contribution >= 4 is 38.5 Å². The van der Waals surface area contributed by atoms with Gasteiger partial charge in [-0.2, -0.15) is 0 Å². The molecule has 0 saturated carbocycles. The predicted molar refractivity (Wildman–Crippen MR) is 62.1 cm³/mol. The lowest BCUT2D eigenvalue weighted by Gasteiger charge is -2.06. The highest BCUT2D eigenvalue weighted by Crippen LogP contribution is 2.33. The average Bonchev–Trinajstić information content (AvgIpc) is 2.35. The van der Waals surface area contributed by atoms with Gasteiger partial charge in [-0.05, 0) is 74.6 Å². The maximum atomic E-state index is 5.95. The Labute approximate surface area is 94.0 Å². The molecule has 0 spiro atoms. The molecule has 64 valence electrons. The van der Waals surface area contributed by atoms with Gasteiger partial charge in [-0.1, -0.05) is 0 Å². The van der Waals surface area contributed by atoms with Gasteiger partial charge >= 0.3 is 0 Å². The van der Waals surface area contributed by atoms with Crippen LogP contribution in [0.5, 0.6) is 0 Å². The van der Waals surface area contributed by atoms with Crippen molar-refractivity contribution in [1.29, 1.82) is 0 Å². The van der Waals surface area contributed by atoms with Crippen molar-refractivity contribution in [2.24, 2.45) is 5.73 Å². The molecule has 0 bridgehead atoms. The van der Waals surface area contributed by atoms with Gasteiger partial charge in [-0.25, -0.2) is 0 Å². The van der Waals surface area contributed by atoms with Gasteiger partial charge in [0.1, 0.15) is 0 Å². The minimum absolute atomic E-state index is 0.265. The van der Waals surface area contributed by atoms with Crippen LogP contribution in [0.15, 0.2) is 16.6 Å². The molecule has 0 fully saturated rings. The smallest absolute Gasteiger partial charge is 0.0311 e. The topological polar surface area (TPSA) is 26.0 Å². The molecule has 2 N–H and O–H groups in total. The van der Waals surface area contributed by atoms with Crippen molar-refractivity contribution in [2.75, 3.05) is 0 Å². The number of aryl methyl sites for hydroxylation is 1. The second-order valence-electron chi connectivity index (χ2n) is 3.11. The van der Waals surface area contributed by atoms with E-state index in [1.54, 1.807) is 0 Å². The fourth-order valence-electron chi connectivity index (χ4n) is 1.63. The third kappa shape index (κ3) is 1.42. The third-order valence-electron chi connectivity index (χ3n) is 2.31. The number of nitrogens with two attached hydrogens (primary N) is 1. The van der Waals surface area contributed by atoms with Crippen molar-refractivity contribution in [3.63, 3.8) is 0 Å². The zero-order chi connectivity index (χ0) is 8.72. The van der Waals surface area contributed by atoms with Gasteiger partial charge in [0.15, 0.2) is 0 Å². The minimum atomic E-state index is 0.265. The maximum Gasteiger partial charge on any atom is 0.0311 e. The van der Waals surface area contributed by atoms with E-state index in [1.165, 1.54) is 19.2 Å². The van der Waals surface area contributed by atoms with E-state index in [-0.39, 0.29) is 6.04 Å². The molecule has 1 aliphatic rings. The van der Waals surface area contributed by atoms with Gasteiger partial charge in [0.2, 0.25) is 0 Å². The molecule has 1 aliphatic carbocycles. The van der Waals surface area contributed by atoms with Gasteiger partial charge in [-0.15, -0.1) is 0 Å². The van der Waals surface area contributed by atoms with Crippen molar-refractivity contribution < 1.29 is 0 Å².